The number of hydrogen-bond donors (Lipinski definition) is 2. The average Bonchev–Trinajstić information content (AvgIpc) is 2.64. The zero-order valence-corrected chi connectivity index (χ0v) is 11.0. The highest BCUT2D eigenvalue weighted by Crippen LogP contribution is 2.23. The Bertz CT molecular complexity index is 594. The fraction of sp³-hybridized carbons (Fsp3) is 0.333. The molecule has 0 amide bonds. The van der Waals surface area contributed by atoms with Gasteiger partial charge in [-0.2, -0.15) is 5.10 Å². The number of aryl methyl sites for hydroxylation is 2. The number of hydrogen-bond acceptors (Lipinski definition) is 4. The minimum Gasteiger partial charge on any atom is -0.368 e. The summed E-state index contributed by atoms with van der Waals surface area (Å²) in [7, 11) is 1.76. The minimum atomic E-state index is -0.748. The molecule has 0 saturated heterocycles. The number of pyridine rings is 1. The highest BCUT2D eigenvalue weighted by atomic mass is 19.1. The number of anilines is 3. The summed E-state index contributed by atoms with van der Waals surface area (Å²) in [5.74, 6) is -1.48. The molecule has 0 bridgehead atoms. The summed E-state index contributed by atoms with van der Waals surface area (Å²) in [5.41, 5.74) is 1.33. The molecule has 2 rings (SSSR count). The molecule has 0 radical (unpaired) electrons. The maximum atomic E-state index is 13.7. The smallest absolute Gasteiger partial charge is 0.169 e. The lowest BCUT2D eigenvalue weighted by Gasteiger charge is -2.09. The second-order valence-corrected chi connectivity index (χ2v) is 4.11. The highest BCUT2D eigenvalue weighted by molar-refractivity contribution is 5.60. The predicted molar refractivity (Wildman–Crippen MR) is 69.5 cm³/mol. The van der Waals surface area contributed by atoms with Crippen molar-refractivity contribution in [2.75, 3.05) is 17.2 Å². The van der Waals surface area contributed by atoms with Gasteiger partial charge < -0.3 is 10.6 Å². The molecule has 19 heavy (non-hydrogen) atoms. The average molecular weight is 267 g/mol. The van der Waals surface area contributed by atoms with Gasteiger partial charge in [-0.1, -0.05) is 0 Å². The molecule has 0 aliphatic heterocycles. The van der Waals surface area contributed by atoms with Gasteiger partial charge in [0.1, 0.15) is 0 Å². The lowest BCUT2D eigenvalue weighted by Crippen LogP contribution is -2.06. The van der Waals surface area contributed by atoms with Crippen molar-refractivity contribution >= 4 is 17.3 Å². The van der Waals surface area contributed by atoms with E-state index in [1.54, 1.807) is 24.9 Å². The van der Waals surface area contributed by atoms with Crippen molar-refractivity contribution in [3.63, 3.8) is 0 Å². The summed E-state index contributed by atoms with van der Waals surface area (Å²) in [6.07, 6.45) is 1.70. The Kier molecular flexibility index (Phi) is 3.64. The van der Waals surface area contributed by atoms with E-state index in [1.807, 2.05) is 6.92 Å². The lowest BCUT2D eigenvalue weighted by molar-refractivity contribution is 0.579. The van der Waals surface area contributed by atoms with E-state index in [4.69, 9.17) is 0 Å². The van der Waals surface area contributed by atoms with Crippen molar-refractivity contribution in [1.82, 2.24) is 14.8 Å². The van der Waals surface area contributed by atoms with Crippen LogP contribution in [0.15, 0.2) is 12.3 Å². The monoisotopic (exact) mass is 267 g/mol. The van der Waals surface area contributed by atoms with Crippen LogP contribution in [0.3, 0.4) is 0 Å². The zero-order chi connectivity index (χ0) is 14.0. The second kappa shape index (κ2) is 5.21. The second-order valence-electron chi connectivity index (χ2n) is 4.11. The SMILES string of the molecule is CCNc1nc(Nc2cn(C)nc2C)c(F)cc1F. The van der Waals surface area contributed by atoms with Crippen LogP contribution < -0.4 is 10.6 Å². The summed E-state index contributed by atoms with van der Waals surface area (Å²) in [6, 6.07) is 0.805. The number of aromatic nitrogens is 3. The summed E-state index contributed by atoms with van der Waals surface area (Å²) < 4.78 is 28.7. The molecule has 0 unspecified atom stereocenters. The molecule has 0 saturated carbocycles. The fourth-order valence-electron chi connectivity index (χ4n) is 1.70. The molecule has 0 fully saturated rings. The Labute approximate surface area is 109 Å². The van der Waals surface area contributed by atoms with E-state index in [9.17, 15) is 8.78 Å². The number of nitrogens with one attached hydrogen (secondary N) is 2. The Hall–Kier alpha value is -2.18. The zero-order valence-electron chi connectivity index (χ0n) is 11.0. The predicted octanol–water partition coefficient (Wildman–Crippen LogP) is 2.58. The topological polar surface area (TPSA) is 54.8 Å². The standard InChI is InChI=1S/C12H15F2N5/c1-4-15-11-8(13)5-9(14)12(17-11)16-10-6-19(3)18-7(10)2/h5-6H,4H2,1-3H3,(H2,15,16,17). The molecule has 2 N–H and O–H groups in total. The van der Waals surface area contributed by atoms with Crippen LogP contribution in [-0.2, 0) is 7.05 Å². The first-order chi connectivity index (χ1) is 9.01. The molecule has 7 heteroatoms. The molecule has 0 aliphatic rings. The van der Waals surface area contributed by atoms with Gasteiger partial charge in [0.05, 0.1) is 11.4 Å². The van der Waals surface area contributed by atoms with Crippen LogP contribution >= 0.6 is 0 Å². The number of halogens is 2. The Morgan fingerprint density at radius 1 is 1.26 bits per heavy atom. The Morgan fingerprint density at radius 2 is 1.95 bits per heavy atom. The van der Waals surface area contributed by atoms with Crippen molar-refractivity contribution in [3.05, 3.63) is 29.6 Å². The van der Waals surface area contributed by atoms with Crippen molar-refractivity contribution in [3.8, 4) is 0 Å². The van der Waals surface area contributed by atoms with E-state index in [0.717, 1.165) is 6.07 Å². The van der Waals surface area contributed by atoms with Crippen LogP contribution in [0.5, 0.6) is 0 Å². The van der Waals surface area contributed by atoms with Gasteiger partial charge in [-0.15, -0.1) is 0 Å². The van der Waals surface area contributed by atoms with Crippen LogP contribution in [0.25, 0.3) is 0 Å². The van der Waals surface area contributed by atoms with Gasteiger partial charge in [0.25, 0.3) is 0 Å². The Balaban J connectivity index is 2.34. The maximum Gasteiger partial charge on any atom is 0.169 e. The first kappa shape index (κ1) is 13.3. The van der Waals surface area contributed by atoms with Gasteiger partial charge in [-0.05, 0) is 13.8 Å². The molecule has 102 valence electrons. The Morgan fingerprint density at radius 3 is 2.53 bits per heavy atom. The third-order valence-corrected chi connectivity index (χ3v) is 2.54. The summed E-state index contributed by atoms with van der Waals surface area (Å²) >= 11 is 0. The van der Waals surface area contributed by atoms with Crippen LogP contribution in [0, 0.1) is 18.6 Å². The number of rotatable bonds is 4. The van der Waals surface area contributed by atoms with Gasteiger partial charge in [0, 0.05) is 25.9 Å². The van der Waals surface area contributed by atoms with E-state index in [1.165, 1.54) is 0 Å². The van der Waals surface area contributed by atoms with E-state index in [0.29, 0.717) is 17.9 Å². The van der Waals surface area contributed by atoms with Gasteiger partial charge in [0.15, 0.2) is 23.3 Å². The molecule has 2 aromatic rings. The third-order valence-electron chi connectivity index (χ3n) is 2.54. The lowest BCUT2D eigenvalue weighted by atomic mass is 10.3. The molecule has 0 atom stereocenters. The molecule has 5 nitrogen and oxygen atoms in total. The van der Waals surface area contributed by atoms with E-state index < -0.39 is 11.6 Å². The van der Waals surface area contributed by atoms with Crippen molar-refractivity contribution in [1.29, 1.82) is 0 Å². The minimum absolute atomic E-state index is 0.0212. The normalized spacial score (nSPS) is 10.6. The number of nitrogens with zero attached hydrogens (tertiary/aromatic N) is 3. The molecule has 2 aromatic heterocycles. The van der Waals surface area contributed by atoms with Crippen LogP contribution in [0.1, 0.15) is 12.6 Å². The van der Waals surface area contributed by atoms with Crippen molar-refractivity contribution in [2.24, 2.45) is 7.05 Å². The fourth-order valence-corrected chi connectivity index (χ4v) is 1.70. The first-order valence-electron chi connectivity index (χ1n) is 5.88. The van der Waals surface area contributed by atoms with Crippen molar-refractivity contribution in [2.45, 2.75) is 13.8 Å². The van der Waals surface area contributed by atoms with E-state index >= 15 is 0 Å². The first-order valence-corrected chi connectivity index (χ1v) is 5.88. The molecule has 0 aromatic carbocycles. The highest BCUT2D eigenvalue weighted by Gasteiger charge is 2.13. The van der Waals surface area contributed by atoms with Crippen LogP contribution in [0.4, 0.5) is 26.1 Å². The summed E-state index contributed by atoms with van der Waals surface area (Å²) in [4.78, 5) is 3.90. The van der Waals surface area contributed by atoms with Gasteiger partial charge in [-0.25, -0.2) is 13.8 Å². The summed E-state index contributed by atoms with van der Waals surface area (Å²) in [5, 5.41) is 9.67. The quantitative estimate of drug-likeness (QED) is 0.894. The van der Waals surface area contributed by atoms with E-state index in [-0.39, 0.29) is 11.6 Å². The maximum absolute atomic E-state index is 13.7. The molecular formula is C12H15F2N5. The van der Waals surface area contributed by atoms with Gasteiger partial charge >= 0.3 is 0 Å². The third kappa shape index (κ3) is 2.81. The van der Waals surface area contributed by atoms with Crippen LogP contribution in [-0.4, -0.2) is 21.3 Å². The molecule has 2 heterocycles. The van der Waals surface area contributed by atoms with Crippen LogP contribution in [0.2, 0.25) is 0 Å². The molecule has 0 spiro atoms. The van der Waals surface area contributed by atoms with Crippen molar-refractivity contribution < 1.29 is 8.78 Å². The van der Waals surface area contributed by atoms with E-state index in [2.05, 4.69) is 20.7 Å². The molecular weight excluding hydrogens is 252 g/mol. The summed E-state index contributed by atoms with van der Waals surface area (Å²) in [6.45, 7) is 4.10. The van der Waals surface area contributed by atoms with Gasteiger partial charge in [-0.3, -0.25) is 4.68 Å². The largest absolute Gasteiger partial charge is 0.368 e. The molecule has 0 aliphatic carbocycles. The van der Waals surface area contributed by atoms with Gasteiger partial charge in [0.2, 0.25) is 0 Å².